The average Bonchev–Trinajstić information content (AvgIpc) is 2.78. The predicted molar refractivity (Wildman–Crippen MR) is 123 cm³/mol. The van der Waals surface area contributed by atoms with Gasteiger partial charge in [0.05, 0.1) is 23.4 Å². The van der Waals surface area contributed by atoms with Crippen molar-refractivity contribution in [1.82, 2.24) is 14.5 Å². The lowest BCUT2D eigenvalue weighted by Gasteiger charge is -2.19. The van der Waals surface area contributed by atoms with E-state index in [2.05, 4.69) is 15.3 Å². The summed E-state index contributed by atoms with van der Waals surface area (Å²) in [7, 11) is 0. The minimum absolute atomic E-state index is 0.0199. The molecule has 2 unspecified atom stereocenters. The molecule has 0 amide bonds. The van der Waals surface area contributed by atoms with Crippen molar-refractivity contribution in [2.75, 3.05) is 25.1 Å². The third-order valence-electron chi connectivity index (χ3n) is 5.01. The number of aromatic nitrogens is 3. The zero-order valence-corrected chi connectivity index (χ0v) is 18.7. The van der Waals surface area contributed by atoms with Crippen LogP contribution in [-0.4, -0.2) is 45.5 Å². The van der Waals surface area contributed by atoms with Crippen molar-refractivity contribution in [3.8, 4) is 11.3 Å². The first-order valence-electron chi connectivity index (χ1n) is 10.4. The lowest BCUT2D eigenvalue weighted by molar-refractivity contribution is 0.142. The summed E-state index contributed by atoms with van der Waals surface area (Å²) >= 11 is 5.74. The van der Waals surface area contributed by atoms with E-state index in [1.165, 1.54) is 22.8 Å². The van der Waals surface area contributed by atoms with Gasteiger partial charge in [-0.25, -0.2) is 14.4 Å². The molecule has 3 aromatic rings. The standard InChI is InChI=1S/C23H26ClFN4O3/c1-3-32-11-8-15(2)27-23-26-9-6-20(28-23)16-7-10-29(22(31)13-16)21(14-30)17-4-5-18(24)19(25)12-17/h4-7,9-10,12-13,15,21,30H,3,8,11,14H2,1-2H3,(H,26,27,28). The minimum Gasteiger partial charge on any atom is -0.394 e. The number of aliphatic hydroxyl groups is 1. The fourth-order valence-corrected chi connectivity index (χ4v) is 3.38. The van der Waals surface area contributed by atoms with Crippen LogP contribution in [0.1, 0.15) is 31.9 Å². The Balaban J connectivity index is 1.81. The van der Waals surface area contributed by atoms with Crippen molar-refractivity contribution in [3.05, 3.63) is 75.5 Å². The molecule has 7 nitrogen and oxygen atoms in total. The van der Waals surface area contributed by atoms with Crippen molar-refractivity contribution in [2.45, 2.75) is 32.4 Å². The molecule has 2 heterocycles. The molecule has 2 N–H and O–H groups in total. The fourth-order valence-electron chi connectivity index (χ4n) is 3.27. The van der Waals surface area contributed by atoms with Crippen molar-refractivity contribution in [3.63, 3.8) is 0 Å². The number of benzene rings is 1. The van der Waals surface area contributed by atoms with E-state index < -0.39 is 11.9 Å². The molecule has 32 heavy (non-hydrogen) atoms. The second-order valence-corrected chi connectivity index (χ2v) is 7.74. The Morgan fingerprint density at radius 2 is 2.09 bits per heavy atom. The molecule has 9 heteroatoms. The fraction of sp³-hybridized carbons (Fsp3) is 0.348. The van der Waals surface area contributed by atoms with Gasteiger partial charge in [0.25, 0.3) is 5.56 Å². The zero-order chi connectivity index (χ0) is 23.1. The van der Waals surface area contributed by atoms with E-state index in [1.54, 1.807) is 30.6 Å². The molecule has 0 radical (unpaired) electrons. The summed E-state index contributed by atoms with van der Waals surface area (Å²) in [5, 5.41) is 13.1. The maximum absolute atomic E-state index is 13.9. The lowest BCUT2D eigenvalue weighted by atomic mass is 10.1. The van der Waals surface area contributed by atoms with Gasteiger partial charge in [-0.1, -0.05) is 17.7 Å². The van der Waals surface area contributed by atoms with E-state index in [1.807, 2.05) is 13.8 Å². The Kier molecular flexibility index (Phi) is 8.33. The highest BCUT2D eigenvalue weighted by Gasteiger charge is 2.16. The Morgan fingerprint density at radius 1 is 1.28 bits per heavy atom. The first kappa shape index (κ1) is 23.8. The van der Waals surface area contributed by atoms with E-state index in [0.29, 0.717) is 36.0 Å². The zero-order valence-electron chi connectivity index (χ0n) is 18.0. The number of pyridine rings is 1. The molecule has 0 bridgehead atoms. The molecule has 0 saturated heterocycles. The van der Waals surface area contributed by atoms with Crippen LogP contribution in [-0.2, 0) is 4.74 Å². The summed E-state index contributed by atoms with van der Waals surface area (Å²) < 4.78 is 20.6. The van der Waals surface area contributed by atoms with Crippen LogP contribution in [0.4, 0.5) is 10.3 Å². The highest BCUT2D eigenvalue weighted by atomic mass is 35.5. The maximum atomic E-state index is 13.9. The Labute approximate surface area is 190 Å². The second kappa shape index (κ2) is 11.2. The van der Waals surface area contributed by atoms with Crippen molar-refractivity contribution < 1.29 is 14.2 Å². The Hall–Kier alpha value is -2.81. The van der Waals surface area contributed by atoms with E-state index in [0.717, 1.165) is 6.42 Å². The Bertz CT molecular complexity index is 1110. The maximum Gasteiger partial charge on any atom is 0.251 e. The normalized spacial score (nSPS) is 13.0. The third-order valence-corrected chi connectivity index (χ3v) is 5.32. The summed E-state index contributed by atoms with van der Waals surface area (Å²) in [5.41, 5.74) is 1.29. The number of hydrogen-bond donors (Lipinski definition) is 2. The molecule has 2 atom stereocenters. The minimum atomic E-state index is -0.739. The van der Waals surface area contributed by atoms with Gasteiger partial charge in [-0.2, -0.15) is 0 Å². The summed E-state index contributed by atoms with van der Waals surface area (Å²) in [6, 6.07) is 8.46. The summed E-state index contributed by atoms with van der Waals surface area (Å²) in [6.45, 7) is 4.92. The molecular formula is C23H26ClFN4O3. The smallest absolute Gasteiger partial charge is 0.251 e. The molecule has 0 fully saturated rings. The van der Waals surface area contributed by atoms with Gasteiger partial charge in [-0.3, -0.25) is 4.79 Å². The van der Waals surface area contributed by atoms with Gasteiger partial charge < -0.3 is 19.7 Å². The van der Waals surface area contributed by atoms with Gasteiger partial charge in [0.1, 0.15) is 5.82 Å². The molecule has 1 aromatic carbocycles. The molecule has 0 aliphatic heterocycles. The monoisotopic (exact) mass is 460 g/mol. The van der Waals surface area contributed by atoms with Crippen molar-refractivity contribution in [2.24, 2.45) is 0 Å². The van der Waals surface area contributed by atoms with Gasteiger partial charge >= 0.3 is 0 Å². The van der Waals surface area contributed by atoms with E-state index in [9.17, 15) is 14.3 Å². The third kappa shape index (κ3) is 5.91. The van der Waals surface area contributed by atoms with Gasteiger partial charge in [0.15, 0.2) is 0 Å². The van der Waals surface area contributed by atoms with Crippen LogP contribution < -0.4 is 10.9 Å². The summed E-state index contributed by atoms with van der Waals surface area (Å²) in [5.74, 6) is -0.149. The molecule has 0 spiro atoms. The van der Waals surface area contributed by atoms with Crippen molar-refractivity contribution in [1.29, 1.82) is 0 Å². The van der Waals surface area contributed by atoms with Gasteiger partial charge in [0.2, 0.25) is 5.95 Å². The second-order valence-electron chi connectivity index (χ2n) is 7.33. The summed E-state index contributed by atoms with van der Waals surface area (Å²) in [6.07, 6.45) is 3.99. The van der Waals surface area contributed by atoms with Crippen LogP contribution in [0.25, 0.3) is 11.3 Å². The van der Waals surface area contributed by atoms with Crippen LogP contribution in [0, 0.1) is 5.82 Å². The number of aliphatic hydroxyl groups excluding tert-OH is 1. The topological polar surface area (TPSA) is 89.3 Å². The van der Waals surface area contributed by atoms with Gasteiger partial charge in [-0.15, -0.1) is 0 Å². The Morgan fingerprint density at radius 3 is 2.78 bits per heavy atom. The quantitative estimate of drug-likeness (QED) is 0.446. The SMILES string of the molecule is CCOCCC(C)Nc1nccc(-c2ccn(C(CO)c3ccc(Cl)c(F)c3)c(=O)c2)n1. The predicted octanol–water partition coefficient (Wildman–Crippen LogP) is 3.91. The highest BCUT2D eigenvalue weighted by Crippen LogP contribution is 2.23. The van der Waals surface area contributed by atoms with E-state index in [-0.39, 0.29) is 23.2 Å². The van der Waals surface area contributed by atoms with E-state index in [4.69, 9.17) is 16.3 Å². The molecule has 0 saturated carbocycles. The molecule has 170 valence electrons. The molecule has 0 aliphatic carbocycles. The summed E-state index contributed by atoms with van der Waals surface area (Å²) in [4.78, 5) is 21.6. The lowest BCUT2D eigenvalue weighted by Crippen LogP contribution is -2.27. The average molecular weight is 461 g/mol. The van der Waals surface area contributed by atoms with Crippen LogP contribution in [0.5, 0.6) is 0 Å². The first-order valence-corrected chi connectivity index (χ1v) is 10.8. The number of nitrogens with one attached hydrogen (secondary N) is 1. The van der Waals surface area contributed by atoms with Gasteiger partial charge in [0, 0.05) is 43.3 Å². The van der Waals surface area contributed by atoms with Crippen molar-refractivity contribution >= 4 is 17.5 Å². The number of rotatable bonds is 10. The highest BCUT2D eigenvalue weighted by molar-refractivity contribution is 6.30. The molecule has 0 aliphatic rings. The number of hydrogen-bond acceptors (Lipinski definition) is 6. The first-order chi connectivity index (χ1) is 15.4. The van der Waals surface area contributed by atoms with Crippen LogP contribution in [0.15, 0.2) is 53.6 Å². The van der Waals surface area contributed by atoms with Gasteiger partial charge in [-0.05, 0) is 50.1 Å². The number of anilines is 1. The molecule has 2 aromatic heterocycles. The van der Waals surface area contributed by atoms with E-state index >= 15 is 0 Å². The number of nitrogens with zero attached hydrogens (tertiary/aromatic N) is 3. The molecule has 3 rings (SSSR count). The van der Waals surface area contributed by atoms with Crippen LogP contribution in [0.2, 0.25) is 5.02 Å². The number of ether oxygens (including phenoxy) is 1. The van der Waals surface area contributed by atoms with Crippen LogP contribution >= 0.6 is 11.6 Å². The molecular weight excluding hydrogens is 435 g/mol. The number of halogens is 2. The largest absolute Gasteiger partial charge is 0.394 e. The van der Waals surface area contributed by atoms with Crippen LogP contribution in [0.3, 0.4) is 0 Å².